The van der Waals surface area contributed by atoms with Crippen LogP contribution in [0, 0.1) is 0 Å². The van der Waals surface area contributed by atoms with E-state index in [0.29, 0.717) is 22.9 Å². The van der Waals surface area contributed by atoms with Gasteiger partial charge in [-0.05, 0) is 24.1 Å². The topological polar surface area (TPSA) is 63.3 Å². The summed E-state index contributed by atoms with van der Waals surface area (Å²) in [5.74, 6) is -0.0107. The lowest BCUT2D eigenvalue weighted by Gasteiger charge is -2.18. The van der Waals surface area contributed by atoms with E-state index in [-0.39, 0.29) is 0 Å². The predicted octanol–water partition coefficient (Wildman–Crippen LogP) is 3.29. The molecule has 4 heteroatoms. The van der Waals surface area contributed by atoms with E-state index >= 15 is 0 Å². The molecule has 0 bridgehead atoms. The zero-order chi connectivity index (χ0) is 13.7. The number of aromatic nitrogens is 1. The van der Waals surface area contributed by atoms with Gasteiger partial charge in [-0.2, -0.15) is 0 Å². The molecule has 2 heterocycles. The van der Waals surface area contributed by atoms with Gasteiger partial charge in [0.25, 0.3) is 0 Å². The summed E-state index contributed by atoms with van der Waals surface area (Å²) in [4.78, 5) is 16.3. The quantitative estimate of drug-likeness (QED) is 0.733. The maximum atomic E-state index is 11.7. The number of nitrogens with zero attached hydrogens (tertiary/aromatic N) is 1. The number of aromatic carboxylic acids is 1. The van der Waals surface area contributed by atoms with Gasteiger partial charge in [-0.3, -0.25) is 0 Å². The average Bonchev–Trinajstić information content (AvgIpc) is 2.93. The second-order valence-electron chi connectivity index (χ2n) is 4.89. The maximum Gasteiger partial charge on any atom is 0.336 e. The lowest BCUT2D eigenvalue weighted by Crippen LogP contribution is -2.12. The molecule has 4 rings (SSSR count). The van der Waals surface area contributed by atoms with Gasteiger partial charge in [0.2, 0.25) is 0 Å². The maximum absolute atomic E-state index is 11.7. The first kappa shape index (κ1) is 11.2. The number of hydrogen-bond donors (Lipinski definition) is 1. The summed E-state index contributed by atoms with van der Waals surface area (Å²) in [6.07, 6.45) is 3.00. The Kier molecular flexibility index (Phi) is 2.21. The molecule has 1 N–H and O–H groups in total. The Morgan fingerprint density at radius 1 is 1.20 bits per heavy atom. The third-order valence-electron chi connectivity index (χ3n) is 3.81. The Morgan fingerprint density at radius 2 is 2.05 bits per heavy atom. The van der Waals surface area contributed by atoms with Crippen molar-refractivity contribution in [2.24, 2.45) is 0 Å². The number of pyridine rings is 1. The van der Waals surface area contributed by atoms with E-state index in [2.05, 4.69) is 4.98 Å². The number of carboxylic acids is 1. The van der Waals surface area contributed by atoms with E-state index in [4.69, 9.17) is 4.42 Å². The monoisotopic (exact) mass is 265 g/mol. The van der Waals surface area contributed by atoms with Crippen LogP contribution in [0.2, 0.25) is 0 Å². The molecular formula is C16H11NO3. The molecule has 0 fully saturated rings. The minimum absolute atomic E-state index is 0.373. The van der Waals surface area contributed by atoms with E-state index in [0.717, 1.165) is 29.0 Å². The number of carboxylic acid groups (broad SMARTS) is 1. The molecule has 4 nitrogen and oxygen atoms in total. The summed E-state index contributed by atoms with van der Waals surface area (Å²) in [7, 11) is 0. The van der Waals surface area contributed by atoms with Gasteiger partial charge in [-0.1, -0.05) is 18.2 Å². The van der Waals surface area contributed by atoms with E-state index < -0.39 is 5.97 Å². The Bertz CT molecular complexity index is 848. The number of aryl methyl sites for hydroxylation is 1. The summed E-state index contributed by atoms with van der Waals surface area (Å²) in [5, 5.41) is 10.3. The molecule has 0 saturated carbocycles. The van der Waals surface area contributed by atoms with Crippen molar-refractivity contribution in [1.29, 1.82) is 0 Å². The number of fused-ring (bicyclic) bond motifs is 4. The molecule has 0 radical (unpaired) electrons. The molecule has 2 aromatic heterocycles. The minimum atomic E-state index is -0.896. The van der Waals surface area contributed by atoms with Gasteiger partial charge >= 0.3 is 5.97 Å². The van der Waals surface area contributed by atoms with Crippen LogP contribution < -0.4 is 0 Å². The van der Waals surface area contributed by atoms with Crippen molar-refractivity contribution in [3.8, 4) is 11.3 Å². The van der Waals surface area contributed by atoms with Crippen LogP contribution in [0.15, 0.2) is 41.0 Å². The lowest BCUT2D eigenvalue weighted by molar-refractivity contribution is 0.0697. The smallest absolute Gasteiger partial charge is 0.336 e. The number of para-hydroxylation sites is 1. The van der Waals surface area contributed by atoms with Crippen LogP contribution in [0.25, 0.3) is 22.2 Å². The van der Waals surface area contributed by atoms with E-state index in [1.165, 1.54) is 0 Å². The number of furan rings is 1. The largest absolute Gasteiger partial charge is 0.478 e. The molecule has 1 aliphatic carbocycles. The summed E-state index contributed by atoms with van der Waals surface area (Å²) in [5.41, 5.74) is 3.55. The highest BCUT2D eigenvalue weighted by Crippen LogP contribution is 2.37. The van der Waals surface area contributed by atoms with Crippen LogP contribution in [0.1, 0.15) is 21.7 Å². The fourth-order valence-electron chi connectivity index (χ4n) is 2.95. The van der Waals surface area contributed by atoms with Crippen LogP contribution in [-0.2, 0) is 12.8 Å². The first-order valence-corrected chi connectivity index (χ1v) is 6.47. The SMILES string of the molecule is O=C(O)c1c2c(nc3ccccc13)-c1ccoc1CC2. The van der Waals surface area contributed by atoms with Gasteiger partial charge < -0.3 is 9.52 Å². The minimum Gasteiger partial charge on any atom is -0.478 e. The van der Waals surface area contributed by atoms with Crippen LogP contribution >= 0.6 is 0 Å². The summed E-state index contributed by atoms with van der Waals surface area (Å²) in [6, 6.07) is 9.23. The van der Waals surface area contributed by atoms with Gasteiger partial charge in [0.05, 0.1) is 23.0 Å². The van der Waals surface area contributed by atoms with Gasteiger partial charge in [0.1, 0.15) is 5.76 Å². The zero-order valence-corrected chi connectivity index (χ0v) is 10.6. The highest BCUT2D eigenvalue weighted by atomic mass is 16.4. The summed E-state index contributed by atoms with van der Waals surface area (Å²) >= 11 is 0. The van der Waals surface area contributed by atoms with Gasteiger partial charge in [0.15, 0.2) is 0 Å². The van der Waals surface area contributed by atoms with Gasteiger partial charge in [0, 0.05) is 17.4 Å². The molecule has 1 aromatic carbocycles. The van der Waals surface area contributed by atoms with Crippen molar-refractivity contribution < 1.29 is 14.3 Å². The second kappa shape index (κ2) is 3.93. The molecule has 0 spiro atoms. The third-order valence-corrected chi connectivity index (χ3v) is 3.81. The lowest BCUT2D eigenvalue weighted by atomic mass is 9.89. The Hall–Kier alpha value is -2.62. The fourth-order valence-corrected chi connectivity index (χ4v) is 2.95. The van der Waals surface area contributed by atoms with Gasteiger partial charge in [-0.15, -0.1) is 0 Å². The molecule has 0 unspecified atom stereocenters. The molecule has 0 saturated heterocycles. The third kappa shape index (κ3) is 1.42. The van der Waals surface area contributed by atoms with E-state index in [9.17, 15) is 9.90 Å². The number of hydrogen-bond acceptors (Lipinski definition) is 3. The van der Waals surface area contributed by atoms with Crippen molar-refractivity contribution in [1.82, 2.24) is 4.98 Å². The summed E-state index contributed by atoms with van der Waals surface area (Å²) in [6.45, 7) is 0. The normalized spacial score (nSPS) is 13.0. The highest BCUT2D eigenvalue weighted by Gasteiger charge is 2.26. The molecule has 0 atom stereocenters. The van der Waals surface area contributed by atoms with Crippen molar-refractivity contribution >= 4 is 16.9 Å². The Balaban J connectivity index is 2.16. The van der Waals surface area contributed by atoms with Crippen LogP contribution in [0.3, 0.4) is 0 Å². The zero-order valence-electron chi connectivity index (χ0n) is 10.6. The molecule has 1 aliphatic rings. The van der Waals surface area contributed by atoms with E-state index in [1.54, 1.807) is 6.26 Å². The predicted molar refractivity (Wildman–Crippen MR) is 73.8 cm³/mol. The average molecular weight is 265 g/mol. The standard InChI is InChI=1S/C16H11NO3/c18-16(19)14-9-3-1-2-4-12(9)17-15-10-7-8-20-13(10)6-5-11(14)15/h1-4,7-8H,5-6H2,(H,18,19). The highest BCUT2D eigenvalue weighted by molar-refractivity contribution is 6.06. The molecule has 20 heavy (non-hydrogen) atoms. The first-order chi connectivity index (χ1) is 9.75. The fraction of sp³-hybridized carbons (Fsp3) is 0.125. The van der Waals surface area contributed by atoms with Crippen LogP contribution in [0.5, 0.6) is 0 Å². The van der Waals surface area contributed by atoms with Crippen molar-refractivity contribution in [3.63, 3.8) is 0 Å². The van der Waals surface area contributed by atoms with Gasteiger partial charge in [-0.25, -0.2) is 9.78 Å². The van der Waals surface area contributed by atoms with E-state index in [1.807, 2.05) is 30.3 Å². The Morgan fingerprint density at radius 3 is 2.90 bits per heavy atom. The molecular weight excluding hydrogens is 254 g/mol. The molecule has 0 amide bonds. The van der Waals surface area contributed by atoms with Crippen LogP contribution in [0.4, 0.5) is 0 Å². The molecule has 0 aliphatic heterocycles. The van der Waals surface area contributed by atoms with Crippen molar-refractivity contribution in [2.45, 2.75) is 12.8 Å². The molecule has 98 valence electrons. The first-order valence-electron chi connectivity index (χ1n) is 6.47. The summed E-state index contributed by atoms with van der Waals surface area (Å²) < 4.78 is 5.44. The van der Waals surface area contributed by atoms with Crippen molar-refractivity contribution in [3.05, 3.63) is 53.5 Å². The number of rotatable bonds is 1. The molecule has 3 aromatic rings. The number of benzene rings is 1. The second-order valence-corrected chi connectivity index (χ2v) is 4.89. The Labute approximate surface area is 114 Å². The van der Waals surface area contributed by atoms with Crippen LogP contribution in [-0.4, -0.2) is 16.1 Å². The van der Waals surface area contributed by atoms with Crippen molar-refractivity contribution in [2.75, 3.05) is 0 Å². The number of carbonyl (C=O) groups is 1.